The van der Waals surface area contributed by atoms with Crippen LogP contribution in [0.1, 0.15) is 38.4 Å². The molecule has 0 fully saturated rings. The van der Waals surface area contributed by atoms with E-state index in [-0.39, 0.29) is 5.38 Å². The predicted octanol–water partition coefficient (Wildman–Crippen LogP) is 3.78. The molecule has 2 aromatic rings. The van der Waals surface area contributed by atoms with Crippen molar-refractivity contribution < 1.29 is 0 Å². The van der Waals surface area contributed by atoms with Gasteiger partial charge in [-0.1, -0.05) is 13.8 Å². The first-order chi connectivity index (χ1) is 8.09. The molecule has 1 unspecified atom stereocenters. The van der Waals surface area contributed by atoms with E-state index in [4.69, 9.17) is 11.6 Å². The molecule has 0 radical (unpaired) electrons. The second-order valence-electron chi connectivity index (χ2n) is 4.77. The normalized spacial score (nSPS) is 13.5. The summed E-state index contributed by atoms with van der Waals surface area (Å²) in [5.41, 5.74) is 1.87. The molecule has 1 atom stereocenters. The summed E-state index contributed by atoms with van der Waals surface area (Å²) in [5.74, 6) is 1.58. The van der Waals surface area contributed by atoms with Crippen molar-refractivity contribution >= 4 is 22.8 Å². The minimum absolute atomic E-state index is 0.0867. The van der Waals surface area contributed by atoms with Crippen LogP contribution in [0, 0.1) is 5.92 Å². The Bertz CT molecular complexity index is 502. The minimum Gasteiger partial charge on any atom is -0.311 e. The van der Waals surface area contributed by atoms with E-state index >= 15 is 0 Å². The maximum absolute atomic E-state index is 6.18. The Kier molecular flexibility index (Phi) is 3.67. The van der Waals surface area contributed by atoms with Crippen molar-refractivity contribution in [1.29, 1.82) is 0 Å². The molecule has 4 heteroatoms. The van der Waals surface area contributed by atoms with Crippen LogP contribution in [0.5, 0.6) is 0 Å². The molecule has 92 valence electrons. The molecule has 0 saturated heterocycles. The fraction of sp³-hybridized carbons (Fsp3) is 0.538. The highest BCUT2D eigenvalue weighted by Gasteiger charge is 2.15. The van der Waals surface area contributed by atoms with Crippen molar-refractivity contribution in [3.63, 3.8) is 0 Å². The Morgan fingerprint density at radius 3 is 2.76 bits per heavy atom. The summed E-state index contributed by atoms with van der Waals surface area (Å²) >= 11 is 6.18. The van der Waals surface area contributed by atoms with Crippen molar-refractivity contribution in [2.24, 2.45) is 5.92 Å². The summed E-state index contributed by atoms with van der Waals surface area (Å²) in [6.07, 6.45) is 2.91. The van der Waals surface area contributed by atoms with Gasteiger partial charge < -0.3 is 4.57 Å². The molecule has 2 aromatic heterocycles. The lowest BCUT2D eigenvalue weighted by molar-refractivity contribution is 0.510. The van der Waals surface area contributed by atoms with Gasteiger partial charge in [-0.2, -0.15) is 0 Å². The molecule has 0 bridgehead atoms. The highest BCUT2D eigenvalue weighted by Crippen LogP contribution is 2.24. The zero-order valence-corrected chi connectivity index (χ0v) is 11.3. The first kappa shape index (κ1) is 12.4. The molecule has 2 heterocycles. The van der Waals surface area contributed by atoms with Crippen LogP contribution in [-0.4, -0.2) is 14.5 Å². The van der Waals surface area contributed by atoms with Gasteiger partial charge in [-0.3, -0.25) is 0 Å². The third-order valence-corrected chi connectivity index (χ3v) is 3.01. The van der Waals surface area contributed by atoms with Gasteiger partial charge in [0.1, 0.15) is 11.3 Å². The van der Waals surface area contributed by atoms with Gasteiger partial charge in [0, 0.05) is 12.7 Å². The lowest BCUT2D eigenvalue weighted by Crippen LogP contribution is -2.07. The number of fused-ring (bicyclic) bond motifs is 1. The number of halogens is 1. The Labute approximate surface area is 107 Å². The lowest BCUT2D eigenvalue weighted by Gasteiger charge is -2.11. The first-order valence-corrected chi connectivity index (χ1v) is 6.48. The fourth-order valence-corrected chi connectivity index (χ4v) is 2.05. The highest BCUT2D eigenvalue weighted by atomic mass is 35.5. The molecule has 0 spiro atoms. The molecule has 3 nitrogen and oxygen atoms in total. The number of hydrogen-bond acceptors (Lipinski definition) is 2. The summed E-state index contributed by atoms with van der Waals surface area (Å²) in [5, 5.41) is -0.0867. The molecular formula is C13H18ClN3. The van der Waals surface area contributed by atoms with Crippen LogP contribution in [0.25, 0.3) is 11.2 Å². The summed E-state index contributed by atoms with van der Waals surface area (Å²) in [6, 6.07) is 3.89. The van der Waals surface area contributed by atoms with E-state index in [2.05, 4.69) is 28.4 Å². The average Bonchev–Trinajstić information content (AvgIpc) is 2.65. The molecule has 0 N–H and O–H groups in total. The van der Waals surface area contributed by atoms with Crippen LogP contribution in [0.2, 0.25) is 0 Å². The first-order valence-electron chi connectivity index (χ1n) is 6.04. The number of nitrogens with zero attached hydrogens (tertiary/aromatic N) is 3. The highest BCUT2D eigenvalue weighted by molar-refractivity contribution is 6.20. The minimum atomic E-state index is -0.0867. The topological polar surface area (TPSA) is 30.7 Å². The number of alkyl halides is 1. The van der Waals surface area contributed by atoms with E-state index in [1.807, 2.05) is 19.1 Å². The van der Waals surface area contributed by atoms with Crippen LogP contribution in [-0.2, 0) is 6.54 Å². The Morgan fingerprint density at radius 1 is 1.35 bits per heavy atom. The molecule has 0 saturated carbocycles. The summed E-state index contributed by atoms with van der Waals surface area (Å²) < 4.78 is 2.15. The summed E-state index contributed by atoms with van der Waals surface area (Å²) in [6.45, 7) is 7.32. The van der Waals surface area contributed by atoms with E-state index < -0.39 is 0 Å². The molecule has 0 aliphatic carbocycles. The van der Waals surface area contributed by atoms with Gasteiger partial charge in [-0.25, -0.2) is 9.97 Å². The van der Waals surface area contributed by atoms with E-state index in [1.54, 1.807) is 6.20 Å². The average molecular weight is 252 g/mol. The second-order valence-corrected chi connectivity index (χ2v) is 5.42. The van der Waals surface area contributed by atoms with E-state index in [9.17, 15) is 0 Å². The molecule has 0 aliphatic heterocycles. The van der Waals surface area contributed by atoms with Gasteiger partial charge in [0.05, 0.1) is 5.38 Å². The second kappa shape index (κ2) is 5.05. The Balaban J connectivity index is 2.44. The number of aryl methyl sites for hydroxylation is 1. The maximum Gasteiger partial charge on any atom is 0.160 e. The van der Waals surface area contributed by atoms with Crippen LogP contribution in [0.15, 0.2) is 18.3 Å². The van der Waals surface area contributed by atoms with Gasteiger partial charge in [0.15, 0.2) is 5.65 Å². The quantitative estimate of drug-likeness (QED) is 0.775. The maximum atomic E-state index is 6.18. The number of hydrogen-bond donors (Lipinski definition) is 0. The third-order valence-electron chi connectivity index (χ3n) is 2.82. The fourth-order valence-electron chi connectivity index (χ4n) is 1.89. The number of pyridine rings is 1. The SMILES string of the molecule is CC(C)CCn1c(C(C)Cl)nc2cccnc21. The van der Waals surface area contributed by atoms with Crippen molar-refractivity contribution in [1.82, 2.24) is 14.5 Å². The lowest BCUT2D eigenvalue weighted by atomic mass is 10.1. The van der Waals surface area contributed by atoms with Crippen molar-refractivity contribution in [3.8, 4) is 0 Å². The Morgan fingerprint density at radius 2 is 2.12 bits per heavy atom. The van der Waals surface area contributed by atoms with Gasteiger partial charge in [0.25, 0.3) is 0 Å². The number of aromatic nitrogens is 3. The largest absolute Gasteiger partial charge is 0.311 e. The molecule has 0 amide bonds. The van der Waals surface area contributed by atoms with Crippen LogP contribution >= 0.6 is 11.6 Å². The van der Waals surface area contributed by atoms with Crippen LogP contribution in [0.3, 0.4) is 0 Å². The molecule has 0 aliphatic rings. The predicted molar refractivity (Wildman–Crippen MR) is 71.3 cm³/mol. The smallest absolute Gasteiger partial charge is 0.160 e. The number of imidazole rings is 1. The third kappa shape index (κ3) is 2.60. The van der Waals surface area contributed by atoms with Gasteiger partial charge in [0.2, 0.25) is 0 Å². The van der Waals surface area contributed by atoms with Gasteiger partial charge >= 0.3 is 0 Å². The van der Waals surface area contributed by atoms with E-state index in [1.165, 1.54) is 0 Å². The zero-order chi connectivity index (χ0) is 12.4. The van der Waals surface area contributed by atoms with E-state index in [0.29, 0.717) is 5.92 Å². The molecule has 0 aromatic carbocycles. The van der Waals surface area contributed by atoms with Crippen LogP contribution < -0.4 is 0 Å². The van der Waals surface area contributed by atoms with Crippen molar-refractivity contribution in [2.45, 2.75) is 39.1 Å². The van der Waals surface area contributed by atoms with Gasteiger partial charge in [-0.15, -0.1) is 11.6 Å². The Hall–Kier alpha value is -1.09. The van der Waals surface area contributed by atoms with Crippen LogP contribution in [0.4, 0.5) is 0 Å². The molecular weight excluding hydrogens is 234 g/mol. The van der Waals surface area contributed by atoms with E-state index in [0.717, 1.165) is 30.0 Å². The standard InChI is InChI=1S/C13H18ClN3/c1-9(2)6-8-17-12(10(3)14)16-11-5-4-7-15-13(11)17/h4-5,7,9-10H,6,8H2,1-3H3. The van der Waals surface area contributed by atoms with Crippen molar-refractivity contribution in [3.05, 3.63) is 24.2 Å². The van der Waals surface area contributed by atoms with Gasteiger partial charge in [-0.05, 0) is 31.4 Å². The summed E-state index contributed by atoms with van der Waals surface area (Å²) in [4.78, 5) is 8.96. The summed E-state index contributed by atoms with van der Waals surface area (Å²) in [7, 11) is 0. The molecule has 17 heavy (non-hydrogen) atoms. The number of rotatable bonds is 4. The monoisotopic (exact) mass is 251 g/mol. The van der Waals surface area contributed by atoms with Crippen molar-refractivity contribution in [2.75, 3.05) is 0 Å². The zero-order valence-electron chi connectivity index (χ0n) is 10.5. The molecule has 2 rings (SSSR count).